The molecule has 0 atom stereocenters. The Morgan fingerprint density at radius 1 is 1.30 bits per heavy atom. The second-order valence-corrected chi connectivity index (χ2v) is 5.75. The minimum atomic E-state index is -1.32. The number of hydrogen-bond acceptors (Lipinski definition) is 5. The normalized spacial score (nSPS) is 11.2. The zero-order valence-electron chi connectivity index (χ0n) is 12.4. The molecule has 10 heteroatoms. The molecular formula is C13H12Cl3N5O2. The number of aryl methyl sites for hydroxylation is 2. The van der Waals surface area contributed by atoms with Gasteiger partial charge in [0.2, 0.25) is 0 Å². The lowest BCUT2D eigenvalue weighted by Crippen LogP contribution is -2.05. The zero-order chi connectivity index (χ0) is 17.3. The maximum Gasteiger partial charge on any atom is 0.356 e. The molecule has 7 nitrogen and oxygen atoms in total. The fourth-order valence-corrected chi connectivity index (χ4v) is 2.56. The number of hydrazone groups is 1. The van der Waals surface area contributed by atoms with Gasteiger partial charge in [0.05, 0.1) is 17.6 Å². The van der Waals surface area contributed by atoms with Gasteiger partial charge in [0, 0.05) is 18.3 Å². The molecule has 0 aliphatic carbocycles. The summed E-state index contributed by atoms with van der Waals surface area (Å²) in [4.78, 5) is 14.7. The van der Waals surface area contributed by atoms with Crippen LogP contribution in [0.4, 0.5) is 5.69 Å². The number of halogens is 3. The third-order valence-electron chi connectivity index (χ3n) is 3.18. The summed E-state index contributed by atoms with van der Waals surface area (Å²) in [6, 6.07) is 0. The number of anilines is 1. The third kappa shape index (κ3) is 3.41. The smallest absolute Gasteiger partial charge is 0.356 e. The van der Waals surface area contributed by atoms with E-state index in [4.69, 9.17) is 39.9 Å². The summed E-state index contributed by atoms with van der Waals surface area (Å²) in [6.45, 7) is 3.74. The van der Waals surface area contributed by atoms with E-state index in [1.165, 1.54) is 0 Å². The van der Waals surface area contributed by atoms with Crippen LogP contribution in [0.25, 0.3) is 0 Å². The fraction of sp³-hybridized carbons (Fsp3) is 0.231. The second kappa shape index (κ2) is 6.74. The average molecular weight is 377 g/mol. The van der Waals surface area contributed by atoms with Crippen LogP contribution in [0.5, 0.6) is 0 Å². The van der Waals surface area contributed by atoms with E-state index in [1.54, 1.807) is 10.9 Å². The van der Waals surface area contributed by atoms with Gasteiger partial charge in [-0.3, -0.25) is 10.1 Å². The lowest BCUT2D eigenvalue weighted by atomic mass is 10.2. The van der Waals surface area contributed by atoms with Crippen LogP contribution in [-0.2, 0) is 7.05 Å². The molecule has 122 valence electrons. The van der Waals surface area contributed by atoms with Crippen molar-refractivity contribution in [2.75, 3.05) is 5.43 Å². The summed E-state index contributed by atoms with van der Waals surface area (Å²) < 4.78 is 1.72. The molecule has 0 fully saturated rings. The third-order valence-corrected chi connectivity index (χ3v) is 4.28. The standard InChI is InChI=1S/C13H12Cl3N5O2/c1-5-7(6(2)21(3)20-5)4-17-19-10-8(14)11(13(22)23)18-12(16)9(10)15/h4H,1-3H3,(H,18,19)(H,22,23)/b17-4-. The number of nitrogens with one attached hydrogen (secondary N) is 1. The molecule has 2 aromatic heterocycles. The first-order valence-electron chi connectivity index (χ1n) is 6.31. The molecule has 0 spiro atoms. The van der Waals surface area contributed by atoms with E-state index >= 15 is 0 Å². The van der Waals surface area contributed by atoms with Crippen molar-refractivity contribution in [2.45, 2.75) is 13.8 Å². The maximum atomic E-state index is 11.1. The van der Waals surface area contributed by atoms with Gasteiger partial charge in [-0.2, -0.15) is 10.2 Å². The van der Waals surface area contributed by atoms with Crippen molar-refractivity contribution in [3.8, 4) is 0 Å². The molecule has 2 heterocycles. The molecular weight excluding hydrogens is 365 g/mol. The highest BCUT2D eigenvalue weighted by Gasteiger charge is 2.20. The molecule has 0 radical (unpaired) electrons. The number of carboxylic acid groups (broad SMARTS) is 1. The highest BCUT2D eigenvalue weighted by Crippen LogP contribution is 2.36. The largest absolute Gasteiger partial charge is 0.476 e. The van der Waals surface area contributed by atoms with Crippen LogP contribution in [-0.4, -0.2) is 32.1 Å². The topological polar surface area (TPSA) is 92.4 Å². The molecule has 23 heavy (non-hydrogen) atoms. The highest BCUT2D eigenvalue weighted by molar-refractivity contribution is 6.46. The molecule has 0 bridgehead atoms. The van der Waals surface area contributed by atoms with Gasteiger partial charge in [-0.1, -0.05) is 34.8 Å². The molecule has 2 N–H and O–H groups in total. The summed E-state index contributed by atoms with van der Waals surface area (Å²) in [5.74, 6) is -1.32. The summed E-state index contributed by atoms with van der Waals surface area (Å²) >= 11 is 17.8. The van der Waals surface area contributed by atoms with Gasteiger partial charge in [-0.25, -0.2) is 9.78 Å². The molecule has 2 aromatic rings. The van der Waals surface area contributed by atoms with Gasteiger partial charge in [-0.15, -0.1) is 0 Å². The van der Waals surface area contributed by atoms with Crippen molar-refractivity contribution in [2.24, 2.45) is 12.1 Å². The van der Waals surface area contributed by atoms with Crippen LogP contribution in [0.1, 0.15) is 27.4 Å². The molecule has 0 amide bonds. The SMILES string of the molecule is Cc1nn(C)c(C)c1/C=N\Nc1c(Cl)c(Cl)nc(C(=O)O)c1Cl. The number of carbonyl (C=O) groups is 1. The molecule has 0 aromatic carbocycles. The van der Waals surface area contributed by atoms with Crippen LogP contribution in [0.3, 0.4) is 0 Å². The molecule has 0 aliphatic rings. The van der Waals surface area contributed by atoms with Crippen molar-refractivity contribution in [3.63, 3.8) is 0 Å². The number of aromatic nitrogens is 3. The minimum Gasteiger partial charge on any atom is -0.476 e. The number of hydrogen-bond donors (Lipinski definition) is 2. The van der Waals surface area contributed by atoms with Crippen molar-refractivity contribution >= 4 is 52.7 Å². The van der Waals surface area contributed by atoms with Crippen LogP contribution in [0, 0.1) is 13.8 Å². The van der Waals surface area contributed by atoms with Crippen molar-refractivity contribution in [1.29, 1.82) is 0 Å². The van der Waals surface area contributed by atoms with E-state index < -0.39 is 11.7 Å². The Labute approximate surface area is 146 Å². The summed E-state index contributed by atoms with van der Waals surface area (Å²) in [5.41, 5.74) is 4.81. The maximum absolute atomic E-state index is 11.1. The number of rotatable bonds is 4. The number of nitrogens with zero attached hydrogens (tertiary/aromatic N) is 4. The predicted molar refractivity (Wildman–Crippen MR) is 90.1 cm³/mol. The van der Waals surface area contributed by atoms with Gasteiger partial charge in [-0.05, 0) is 13.8 Å². The Morgan fingerprint density at radius 3 is 2.48 bits per heavy atom. The number of aromatic carboxylic acids is 1. The Hall–Kier alpha value is -1.83. The lowest BCUT2D eigenvalue weighted by Gasteiger charge is -2.09. The van der Waals surface area contributed by atoms with Gasteiger partial charge >= 0.3 is 5.97 Å². The zero-order valence-corrected chi connectivity index (χ0v) is 14.6. The molecule has 0 aliphatic heterocycles. The van der Waals surface area contributed by atoms with Crippen LogP contribution >= 0.6 is 34.8 Å². The first-order chi connectivity index (χ1) is 10.7. The Morgan fingerprint density at radius 2 is 1.96 bits per heavy atom. The quantitative estimate of drug-likeness (QED) is 0.484. The van der Waals surface area contributed by atoms with E-state index in [-0.39, 0.29) is 20.9 Å². The van der Waals surface area contributed by atoms with Crippen molar-refractivity contribution in [1.82, 2.24) is 14.8 Å². The fourth-order valence-electron chi connectivity index (χ4n) is 1.89. The van der Waals surface area contributed by atoms with E-state index in [1.807, 2.05) is 20.9 Å². The molecule has 0 unspecified atom stereocenters. The van der Waals surface area contributed by atoms with Gasteiger partial charge in [0.15, 0.2) is 10.8 Å². The lowest BCUT2D eigenvalue weighted by molar-refractivity contribution is 0.0691. The van der Waals surface area contributed by atoms with Crippen LogP contribution in [0.2, 0.25) is 15.2 Å². The van der Waals surface area contributed by atoms with Crippen LogP contribution in [0.15, 0.2) is 5.10 Å². The molecule has 0 saturated carbocycles. The monoisotopic (exact) mass is 375 g/mol. The first kappa shape index (κ1) is 17.5. The van der Waals surface area contributed by atoms with E-state index in [0.717, 1.165) is 17.0 Å². The van der Waals surface area contributed by atoms with Crippen molar-refractivity contribution < 1.29 is 9.90 Å². The van der Waals surface area contributed by atoms with Crippen molar-refractivity contribution in [3.05, 3.63) is 37.8 Å². The van der Waals surface area contributed by atoms with E-state index in [2.05, 4.69) is 20.6 Å². The average Bonchev–Trinajstić information content (AvgIpc) is 2.72. The molecule has 0 saturated heterocycles. The number of carboxylic acids is 1. The minimum absolute atomic E-state index is 0.0153. The van der Waals surface area contributed by atoms with Gasteiger partial charge < -0.3 is 5.11 Å². The predicted octanol–water partition coefficient (Wildman–Crippen LogP) is 3.54. The van der Waals surface area contributed by atoms with Gasteiger partial charge in [0.25, 0.3) is 0 Å². The number of pyridine rings is 1. The van der Waals surface area contributed by atoms with E-state index in [0.29, 0.717) is 0 Å². The van der Waals surface area contributed by atoms with Gasteiger partial charge in [0.1, 0.15) is 10.0 Å². The highest BCUT2D eigenvalue weighted by atomic mass is 35.5. The summed E-state index contributed by atoms with van der Waals surface area (Å²) in [5, 5.41) is 17.0. The molecule has 2 rings (SSSR count). The Kier molecular flexibility index (Phi) is 5.13. The van der Waals surface area contributed by atoms with Crippen LogP contribution < -0.4 is 5.43 Å². The summed E-state index contributed by atoms with van der Waals surface area (Å²) in [7, 11) is 1.82. The Bertz CT molecular complexity index is 817. The Balaban J connectivity index is 2.37. The summed E-state index contributed by atoms with van der Waals surface area (Å²) in [6.07, 6.45) is 1.54. The van der Waals surface area contributed by atoms with E-state index in [9.17, 15) is 4.79 Å². The second-order valence-electron chi connectivity index (χ2n) is 4.64. The first-order valence-corrected chi connectivity index (χ1v) is 7.44.